The smallest absolute Gasteiger partial charge is 0.248 e. The average Bonchev–Trinajstić information content (AvgIpc) is 2.08. The highest BCUT2D eigenvalue weighted by molar-refractivity contribution is 5.77. The van der Waals surface area contributed by atoms with Crippen LogP contribution in [0.2, 0.25) is 0 Å². The molecule has 0 unspecified atom stereocenters. The zero-order valence-corrected chi connectivity index (χ0v) is 10.4. The third-order valence-corrected chi connectivity index (χ3v) is 1.85. The molecule has 0 aliphatic rings. The van der Waals surface area contributed by atoms with Gasteiger partial charge >= 0.3 is 0 Å². The van der Waals surface area contributed by atoms with E-state index in [0.29, 0.717) is 13.1 Å². The summed E-state index contributed by atoms with van der Waals surface area (Å²) in [4.78, 5) is 13.2. The number of nitrogens with zero attached hydrogens (tertiary/aromatic N) is 1. The quantitative estimate of drug-likeness (QED) is 0.723. The Balaban J connectivity index is 4.11. The first-order chi connectivity index (χ1) is 6.76. The zero-order valence-electron chi connectivity index (χ0n) is 10.4. The highest BCUT2D eigenvalue weighted by Crippen LogP contribution is 2.05. The summed E-state index contributed by atoms with van der Waals surface area (Å²) in [6.45, 7) is 10.0. The van der Waals surface area contributed by atoms with Gasteiger partial charge in [-0.15, -0.1) is 0 Å². The van der Waals surface area contributed by atoms with Crippen LogP contribution in [0.1, 0.15) is 34.6 Å². The van der Waals surface area contributed by atoms with Gasteiger partial charge in [-0.3, -0.25) is 4.79 Å². The monoisotopic (exact) mass is 217 g/mol. The molecule has 0 aromatic carbocycles. The molecule has 0 saturated carbocycles. The van der Waals surface area contributed by atoms with E-state index < -0.39 is 5.60 Å². The summed E-state index contributed by atoms with van der Waals surface area (Å²) < 4.78 is 5.23. The predicted octanol–water partition coefficient (Wildman–Crippen LogP) is 1.03. The molecule has 0 aromatic rings. The largest absolute Gasteiger partial charge is 0.389 e. The Morgan fingerprint density at radius 1 is 1.47 bits per heavy atom. The number of ether oxygens (including phenoxy) is 1. The van der Waals surface area contributed by atoms with Crippen molar-refractivity contribution in [3.63, 3.8) is 0 Å². The molecule has 4 heteroatoms. The molecule has 0 saturated heterocycles. The van der Waals surface area contributed by atoms with Gasteiger partial charge in [0.15, 0.2) is 0 Å². The molecule has 0 spiro atoms. The Morgan fingerprint density at radius 2 is 2.00 bits per heavy atom. The lowest BCUT2D eigenvalue weighted by atomic mass is 10.1. The molecule has 15 heavy (non-hydrogen) atoms. The Bertz CT molecular complexity index is 196. The molecule has 0 atom stereocenters. The fourth-order valence-electron chi connectivity index (χ4n) is 1.17. The number of carbonyl (C=O) groups excluding carboxylic acids is 1. The van der Waals surface area contributed by atoms with Crippen LogP contribution >= 0.6 is 0 Å². The lowest BCUT2D eigenvalue weighted by Gasteiger charge is -2.28. The highest BCUT2D eigenvalue weighted by Gasteiger charge is 2.21. The van der Waals surface area contributed by atoms with E-state index in [2.05, 4.69) is 0 Å². The number of likely N-dealkylation sites (N-methyl/N-ethyl adjacent to an activating group) is 1. The third-order valence-electron chi connectivity index (χ3n) is 1.85. The van der Waals surface area contributed by atoms with Crippen LogP contribution in [0.25, 0.3) is 0 Å². The molecule has 1 N–H and O–H groups in total. The minimum Gasteiger partial charge on any atom is -0.389 e. The van der Waals surface area contributed by atoms with Gasteiger partial charge in [0.1, 0.15) is 6.61 Å². The van der Waals surface area contributed by atoms with E-state index in [9.17, 15) is 9.90 Å². The van der Waals surface area contributed by atoms with Crippen LogP contribution < -0.4 is 0 Å². The SMILES string of the molecule is CCN(CC(C)(C)O)C(=O)COC(C)C. The molecule has 4 nitrogen and oxygen atoms in total. The maximum Gasteiger partial charge on any atom is 0.248 e. The number of carbonyl (C=O) groups is 1. The van der Waals surface area contributed by atoms with Crippen LogP contribution in [0.4, 0.5) is 0 Å². The van der Waals surface area contributed by atoms with Gasteiger partial charge in [-0.25, -0.2) is 0 Å². The minimum absolute atomic E-state index is 0.0507. The van der Waals surface area contributed by atoms with E-state index in [4.69, 9.17) is 4.74 Å². The molecule has 0 aliphatic carbocycles. The van der Waals surface area contributed by atoms with Crippen molar-refractivity contribution in [2.75, 3.05) is 19.7 Å². The summed E-state index contributed by atoms with van der Waals surface area (Å²) >= 11 is 0. The fraction of sp³-hybridized carbons (Fsp3) is 0.909. The zero-order chi connectivity index (χ0) is 12.1. The molecule has 0 aliphatic heterocycles. The van der Waals surface area contributed by atoms with E-state index in [-0.39, 0.29) is 18.6 Å². The number of rotatable bonds is 6. The van der Waals surface area contributed by atoms with Gasteiger partial charge in [0, 0.05) is 13.1 Å². The van der Waals surface area contributed by atoms with E-state index in [1.807, 2.05) is 20.8 Å². The van der Waals surface area contributed by atoms with E-state index in [1.165, 1.54) is 0 Å². The molecular weight excluding hydrogens is 194 g/mol. The van der Waals surface area contributed by atoms with Crippen LogP contribution in [0.5, 0.6) is 0 Å². The van der Waals surface area contributed by atoms with Crippen molar-refractivity contribution in [1.29, 1.82) is 0 Å². The lowest BCUT2D eigenvalue weighted by Crippen LogP contribution is -2.43. The summed E-state index contributed by atoms with van der Waals surface area (Å²) in [5.41, 5.74) is -0.858. The number of hydrogen-bond acceptors (Lipinski definition) is 3. The van der Waals surface area contributed by atoms with E-state index in [1.54, 1.807) is 18.7 Å². The first-order valence-electron chi connectivity index (χ1n) is 5.38. The van der Waals surface area contributed by atoms with Crippen molar-refractivity contribution in [1.82, 2.24) is 4.90 Å². The summed E-state index contributed by atoms with van der Waals surface area (Å²) in [6, 6.07) is 0. The summed E-state index contributed by atoms with van der Waals surface area (Å²) in [6.07, 6.45) is 0.0507. The van der Waals surface area contributed by atoms with E-state index in [0.717, 1.165) is 0 Å². The van der Waals surface area contributed by atoms with Crippen LogP contribution in [0.15, 0.2) is 0 Å². The van der Waals surface area contributed by atoms with Crippen LogP contribution in [0.3, 0.4) is 0 Å². The second kappa shape index (κ2) is 6.08. The Labute approximate surface area is 92.2 Å². The Morgan fingerprint density at radius 3 is 2.33 bits per heavy atom. The lowest BCUT2D eigenvalue weighted by molar-refractivity contribution is -0.140. The molecule has 0 rings (SSSR count). The summed E-state index contributed by atoms with van der Waals surface area (Å²) in [5, 5.41) is 9.61. The average molecular weight is 217 g/mol. The molecule has 1 amide bonds. The maximum atomic E-state index is 11.6. The maximum absolute atomic E-state index is 11.6. The molecule has 0 bridgehead atoms. The molecule has 0 heterocycles. The van der Waals surface area contributed by atoms with Crippen LogP contribution in [-0.2, 0) is 9.53 Å². The van der Waals surface area contributed by atoms with Gasteiger partial charge in [-0.1, -0.05) is 0 Å². The molecular formula is C11H23NO3. The fourth-order valence-corrected chi connectivity index (χ4v) is 1.17. The third kappa shape index (κ3) is 7.33. The first kappa shape index (κ1) is 14.4. The van der Waals surface area contributed by atoms with Crippen molar-refractivity contribution in [3.05, 3.63) is 0 Å². The molecule has 0 aromatic heterocycles. The van der Waals surface area contributed by atoms with Gasteiger partial charge in [0.2, 0.25) is 5.91 Å². The summed E-state index contributed by atoms with van der Waals surface area (Å²) in [5.74, 6) is -0.0756. The second-order valence-corrected chi connectivity index (χ2v) is 4.58. The second-order valence-electron chi connectivity index (χ2n) is 4.58. The predicted molar refractivity (Wildman–Crippen MR) is 59.6 cm³/mol. The summed E-state index contributed by atoms with van der Waals surface area (Å²) in [7, 11) is 0. The van der Waals surface area contributed by atoms with Gasteiger partial charge in [0.25, 0.3) is 0 Å². The van der Waals surface area contributed by atoms with Crippen LogP contribution in [0, 0.1) is 0 Å². The van der Waals surface area contributed by atoms with Crippen molar-refractivity contribution >= 4 is 5.91 Å². The molecule has 0 radical (unpaired) electrons. The standard InChI is InChI=1S/C11H23NO3/c1-6-12(8-11(4,5)14)10(13)7-15-9(2)3/h9,14H,6-8H2,1-5H3. The Hall–Kier alpha value is -0.610. The van der Waals surface area contributed by atoms with Gasteiger partial charge in [-0.2, -0.15) is 0 Å². The van der Waals surface area contributed by atoms with Crippen molar-refractivity contribution in [2.45, 2.75) is 46.3 Å². The minimum atomic E-state index is -0.858. The van der Waals surface area contributed by atoms with Crippen molar-refractivity contribution < 1.29 is 14.6 Å². The number of aliphatic hydroxyl groups is 1. The van der Waals surface area contributed by atoms with Crippen molar-refractivity contribution in [3.8, 4) is 0 Å². The number of amides is 1. The first-order valence-corrected chi connectivity index (χ1v) is 5.38. The highest BCUT2D eigenvalue weighted by atomic mass is 16.5. The molecule has 0 fully saturated rings. The number of hydrogen-bond donors (Lipinski definition) is 1. The van der Waals surface area contributed by atoms with E-state index >= 15 is 0 Å². The van der Waals surface area contributed by atoms with Gasteiger partial charge in [0.05, 0.1) is 11.7 Å². The normalized spacial score (nSPS) is 11.9. The topological polar surface area (TPSA) is 49.8 Å². The molecule has 90 valence electrons. The van der Waals surface area contributed by atoms with Gasteiger partial charge in [-0.05, 0) is 34.6 Å². The van der Waals surface area contributed by atoms with Gasteiger partial charge < -0.3 is 14.7 Å². The Kier molecular flexibility index (Phi) is 5.83. The van der Waals surface area contributed by atoms with Crippen molar-refractivity contribution in [2.24, 2.45) is 0 Å². The van der Waals surface area contributed by atoms with Crippen LogP contribution in [-0.4, -0.2) is 47.3 Å².